The first-order valence-corrected chi connectivity index (χ1v) is 8.09. The Bertz CT molecular complexity index is 677. The minimum atomic E-state index is -0.456. The highest BCUT2D eigenvalue weighted by molar-refractivity contribution is 7.10. The lowest BCUT2D eigenvalue weighted by Gasteiger charge is -2.17. The molecule has 1 atom stereocenters. The molecule has 0 aliphatic carbocycles. The first kappa shape index (κ1) is 17.8. The summed E-state index contributed by atoms with van der Waals surface area (Å²) in [4.78, 5) is 25.1. The van der Waals surface area contributed by atoms with Gasteiger partial charge in [-0.2, -0.15) is 0 Å². The Kier molecular flexibility index (Phi) is 6.20. The van der Waals surface area contributed by atoms with E-state index in [0.29, 0.717) is 17.1 Å². The van der Waals surface area contributed by atoms with E-state index in [0.717, 1.165) is 4.88 Å². The van der Waals surface area contributed by atoms with Crippen LogP contribution in [0.4, 0.5) is 0 Å². The number of hydrogen-bond acceptors (Lipinski definition) is 6. The number of hydrogen-bond donors (Lipinski definition) is 1. The van der Waals surface area contributed by atoms with Crippen molar-refractivity contribution in [2.75, 3.05) is 21.3 Å². The fourth-order valence-electron chi connectivity index (χ4n) is 2.14. The van der Waals surface area contributed by atoms with Crippen LogP contribution in [0, 0.1) is 0 Å². The summed E-state index contributed by atoms with van der Waals surface area (Å²) in [6.45, 7) is 0. The molecule has 0 fully saturated rings. The number of thiophene rings is 1. The molecule has 0 aliphatic rings. The van der Waals surface area contributed by atoms with Gasteiger partial charge in [0.15, 0.2) is 0 Å². The molecular formula is C17H19NO5S. The van der Waals surface area contributed by atoms with Gasteiger partial charge in [-0.15, -0.1) is 11.3 Å². The van der Waals surface area contributed by atoms with Gasteiger partial charge in [0.25, 0.3) is 5.91 Å². The zero-order chi connectivity index (χ0) is 17.5. The molecule has 1 aromatic carbocycles. The molecule has 128 valence electrons. The minimum absolute atomic E-state index is 0.0594. The Labute approximate surface area is 144 Å². The zero-order valence-corrected chi connectivity index (χ0v) is 14.5. The van der Waals surface area contributed by atoms with Crippen molar-refractivity contribution in [3.8, 4) is 11.5 Å². The summed E-state index contributed by atoms with van der Waals surface area (Å²) in [5.74, 6) is 0.312. The van der Waals surface area contributed by atoms with Crippen LogP contribution in [-0.4, -0.2) is 33.2 Å². The number of carbonyl (C=O) groups excluding carboxylic acids is 2. The lowest BCUT2D eigenvalue weighted by Crippen LogP contribution is -2.30. The van der Waals surface area contributed by atoms with Crippen molar-refractivity contribution in [2.24, 2.45) is 0 Å². The van der Waals surface area contributed by atoms with Gasteiger partial charge < -0.3 is 19.5 Å². The lowest BCUT2D eigenvalue weighted by molar-refractivity contribution is -0.141. The maximum Gasteiger partial charge on any atom is 0.307 e. The van der Waals surface area contributed by atoms with Gasteiger partial charge in [0, 0.05) is 16.5 Å². The number of rotatable bonds is 7. The van der Waals surface area contributed by atoms with Crippen LogP contribution in [0.25, 0.3) is 0 Å². The van der Waals surface area contributed by atoms with Crippen LogP contribution < -0.4 is 14.8 Å². The van der Waals surface area contributed by atoms with Crippen molar-refractivity contribution < 1.29 is 23.8 Å². The highest BCUT2D eigenvalue weighted by Gasteiger charge is 2.21. The molecule has 1 amide bonds. The molecule has 1 heterocycles. The Balaban J connectivity index is 2.22. The van der Waals surface area contributed by atoms with Crippen molar-refractivity contribution in [2.45, 2.75) is 12.5 Å². The van der Waals surface area contributed by atoms with Gasteiger partial charge in [0.1, 0.15) is 11.5 Å². The first-order valence-electron chi connectivity index (χ1n) is 7.21. The quantitative estimate of drug-likeness (QED) is 0.778. The Morgan fingerprint density at radius 3 is 2.29 bits per heavy atom. The van der Waals surface area contributed by atoms with Crippen LogP contribution >= 0.6 is 11.3 Å². The van der Waals surface area contributed by atoms with E-state index in [1.165, 1.54) is 32.7 Å². The highest BCUT2D eigenvalue weighted by Crippen LogP contribution is 2.25. The predicted octanol–water partition coefficient (Wildman–Crippen LogP) is 2.80. The molecule has 0 saturated heterocycles. The van der Waals surface area contributed by atoms with E-state index in [4.69, 9.17) is 14.2 Å². The molecule has 1 aromatic heterocycles. The van der Waals surface area contributed by atoms with Crippen molar-refractivity contribution in [3.63, 3.8) is 0 Å². The molecule has 0 spiro atoms. The summed E-state index contributed by atoms with van der Waals surface area (Å²) < 4.78 is 15.1. The predicted molar refractivity (Wildman–Crippen MR) is 90.7 cm³/mol. The van der Waals surface area contributed by atoms with Crippen LogP contribution in [-0.2, 0) is 9.53 Å². The summed E-state index contributed by atoms with van der Waals surface area (Å²) in [6, 6.07) is 8.18. The largest absolute Gasteiger partial charge is 0.497 e. The summed E-state index contributed by atoms with van der Waals surface area (Å²) in [7, 11) is 4.35. The third-order valence-corrected chi connectivity index (χ3v) is 4.39. The number of amides is 1. The molecule has 2 rings (SSSR count). The molecule has 0 bridgehead atoms. The third-order valence-electron chi connectivity index (χ3n) is 3.40. The van der Waals surface area contributed by atoms with E-state index in [9.17, 15) is 9.59 Å². The number of carbonyl (C=O) groups is 2. The van der Waals surface area contributed by atoms with Crippen LogP contribution in [0.15, 0.2) is 35.7 Å². The molecule has 0 radical (unpaired) electrons. The Morgan fingerprint density at radius 1 is 1.12 bits per heavy atom. The van der Waals surface area contributed by atoms with Gasteiger partial charge in [0.2, 0.25) is 0 Å². The maximum absolute atomic E-state index is 12.6. The molecule has 0 aliphatic heterocycles. The number of esters is 1. The van der Waals surface area contributed by atoms with Crippen LogP contribution in [0.2, 0.25) is 0 Å². The van der Waals surface area contributed by atoms with E-state index >= 15 is 0 Å². The number of methoxy groups -OCH3 is 3. The van der Waals surface area contributed by atoms with Gasteiger partial charge >= 0.3 is 5.97 Å². The fourth-order valence-corrected chi connectivity index (χ4v) is 2.92. The highest BCUT2D eigenvalue weighted by atomic mass is 32.1. The molecular weight excluding hydrogens is 330 g/mol. The monoisotopic (exact) mass is 349 g/mol. The maximum atomic E-state index is 12.6. The topological polar surface area (TPSA) is 73.9 Å². The second-order valence-electron chi connectivity index (χ2n) is 4.92. The fraction of sp³-hybridized carbons (Fsp3) is 0.294. The molecule has 6 nitrogen and oxygen atoms in total. The van der Waals surface area contributed by atoms with Crippen molar-refractivity contribution in [1.82, 2.24) is 5.32 Å². The number of ether oxygens (including phenoxy) is 3. The number of nitrogens with one attached hydrogen (secondary N) is 1. The average molecular weight is 349 g/mol. The minimum Gasteiger partial charge on any atom is -0.497 e. The van der Waals surface area contributed by atoms with Gasteiger partial charge in [0.05, 0.1) is 33.8 Å². The van der Waals surface area contributed by atoms with Crippen molar-refractivity contribution in [3.05, 3.63) is 46.2 Å². The first-order chi connectivity index (χ1) is 11.6. The van der Waals surface area contributed by atoms with E-state index in [-0.39, 0.29) is 12.3 Å². The number of benzene rings is 1. The molecule has 24 heavy (non-hydrogen) atoms. The normalized spacial score (nSPS) is 11.5. The average Bonchev–Trinajstić information content (AvgIpc) is 3.14. The van der Waals surface area contributed by atoms with E-state index in [2.05, 4.69) is 5.32 Å². The standard InChI is InChI=1S/C17H19NO5S/c1-21-12-7-11(8-13(9-12)22-2)17(20)18-14(10-16(19)23-3)15-5-4-6-24-15/h4-9,14H,10H2,1-3H3,(H,18,20). The van der Waals surface area contributed by atoms with Crippen LogP contribution in [0.1, 0.15) is 27.7 Å². The molecule has 2 aromatic rings. The summed E-state index contributed by atoms with van der Waals surface area (Å²) in [5.41, 5.74) is 0.387. The second kappa shape index (κ2) is 8.35. The third kappa shape index (κ3) is 4.48. The van der Waals surface area contributed by atoms with Crippen molar-refractivity contribution >= 4 is 23.2 Å². The van der Waals surface area contributed by atoms with Gasteiger partial charge in [-0.25, -0.2) is 0 Å². The Hall–Kier alpha value is -2.54. The molecule has 1 unspecified atom stereocenters. The summed E-state index contributed by atoms with van der Waals surface area (Å²) in [5, 5.41) is 4.75. The van der Waals surface area contributed by atoms with Gasteiger partial charge in [-0.05, 0) is 23.6 Å². The van der Waals surface area contributed by atoms with Crippen LogP contribution in [0.3, 0.4) is 0 Å². The molecule has 0 saturated carbocycles. The Morgan fingerprint density at radius 2 is 1.79 bits per heavy atom. The van der Waals surface area contributed by atoms with E-state index in [1.54, 1.807) is 18.2 Å². The molecule has 7 heteroatoms. The van der Waals surface area contributed by atoms with Gasteiger partial charge in [-0.1, -0.05) is 6.07 Å². The second-order valence-corrected chi connectivity index (χ2v) is 5.90. The van der Waals surface area contributed by atoms with Crippen molar-refractivity contribution in [1.29, 1.82) is 0 Å². The van der Waals surface area contributed by atoms with Crippen LogP contribution in [0.5, 0.6) is 11.5 Å². The van der Waals surface area contributed by atoms with E-state index < -0.39 is 12.0 Å². The lowest BCUT2D eigenvalue weighted by atomic mass is 10.1. The van der Waals surface area contributed by atoms with Gasteiger partial charge in [-0.3, -0.25) is 9.59 Å². The SMILES string of the molecule is COC(=O)CC(NC(=O)c1cc(OC)cc(OC)c1)c1cccs1. The van der Waals surface area contributed by atoms with E-state index in [1.807, 2.05) is 17.5 Å². The smallest absolute Gasteiger partial charge is 0.307 e. The zero-order valence-electron chi connectivity index (χ0n) is 13.7. The summed E-state index contributed by atoms with van der Waals surface area (Å²) >= 11 is 1.46. The molecule has 1 N–H and O–H groups in total. The summed E-state index contributed by atoms with van der Waals surface area (Å²) in [6.07, 6.45) is 0.0594.